The second-order valence-electron chi connectivity index (χ2n) is 11.1. The SMILES string of the molecule is O=C(O)C1CCN(Cc2cc(C(F)(F)F)ccc2CN2CCCC23CCN(C(=O)OC(C(F)(F)F)C(F)(F)F)CC3)C1. The zero-order chi connectivity index (χ0) is 31.1. The maximum absolute atomic E-state index is 13.5. The summed E-state index contributed by atoms with van der Waals surface area (Å²) in [5, 5.41) is 9.29. The molecule has 1 aromatic rings. The normalized spacial score (nSPS) is 22.3. The number of hydrogen-bond acceptors (Lipinski definition) is 5. The molecular weight excluding hydrogens is 589 g/mol. The van der Waals surface area contributed by atoms with E-state index in [-0.39, 0.29) is 45.6 Å². The Kier molecular flexibility index (Phi) is 8.99. The number of hydrogen-bond donors (Lipinski definition) is 1. The van der Waals surface area contributed by atoms with Crippen LogP contribution < -0.4 is 0 Å². The number of rotatable bonds is 6. The number of aliphatic carboxylic acids is 1. The third-order valence-electron chi connectivity index (χ3n) is 8.42. The number of likely N-dealkylation sites (tertiary alicyclic amines) is 3. The van der Waals surface area contributed by atoms with Crippen molar-refractivity contribution in [3.8, 4) is 0 Å². The van der Waals surface area contributed by atoms with Crippen LogP contribution in [-0.2, 0) is 28.8 Å². The van der Waals surface area contributed by atoms with Crippen LogP contribution in [0.15, 0.2) is 18.2 Å². The molecule has 3 fully saturated rings. The Morgan fingerprint density at radius 1 is 0.905 bits per heavy atom. The van der Waals surface area contributed by atoms with E-state index in [2.05, 4.69) is 4.74 Å². The second kappa shape index (κ2) is 11.7. The van der Waals surface area contributed by atoms with Crippen molar-refractivity contribution in [1.82, 2.24) is 14.7 Å². The Hall–Kier alpha value is -2.75. The van der Waals surface area contributed by atoms with E-state index >= 15 is 0 Å². The summed E-state index contributed by atoms with van der Waals surface area (Å²) in [5.41, 5.74) is -0.395. The molecule has 3 saturated heterocycles. The summed E-state index contributed by atoms with van der Waals surface area (Å²) in [7, 11) is 0. The molecule has 1 amide bonds. The first-order valence-corrected chi connectivity index (χ1v) is 13.4. The van der Waals surface area contributed by atoms with E-state index < -0.39 is 53.7 Å². The molecule has 236 valence electrons. The minimum absolute atomic E-state index is 0.114. The van der Waals surface area contributed by atoms with Gasteiger partial charge in [0.25, 0.3) is 6.10 Å². The number of amides is 1. The number of piperidine rings is 1. The maximum Gasteiger partial charge on any atom is 0.434 e. The van der Waals surface area contributed by atoms with Crippen molar-refractivity contribution >= 4 is 12.1 Å². The average molecular weight is 620 g/mol. The zero-order valence-corrected chi connectivity index (χ0v) is 22.3. The van der Waals surface area contributed by atoms with Gasteiger partial charge in [-0.1, -0.05) is 6.07 Å². The highest BCUT2D eigenvalue weighted by Gasteiger charge is 2.60. The molecule has 0 radical (unpaired) electrons. The third-order valence-corrected chi connectivity index (χ3v) is 8.42. The predicted molar refractivity (Wildman–Crippen MR) is 128 cm³/mol. The molecule has 7 nitrogen and oxygen atoms in total. The molecule has 4 rings (SSSR count). The smallest absolute Gasteiger partial charge is 0.434 e. The molecule has 42 heavy (non-hydrogen) atoms. The molecule has 1 aromatic carbocycles. The van der Waals surface area contributed by atoms with Crippen molar-refractivity contribution in [3.05, 3.63) is 34.9 Å². The van der Waals surface area contributed by atoms with Gasteiger partial charge in [0.15, 0.2) is 0 Å². The Morgan fingerprint density at radius 2 is 1.55 bits per heavy atom. The quantitative estimate of drug-likeness (QED) is 0.414. The topological polar surface area (TPSA) is 73.3 Å². The van der Waals surface area contributed by atoms with Gasteiger partial charge in [0.1, 0.15) is 0 Å². The van der Waals surface area contributed by atoms with Gasteiger partial charge in [-0.3, -0.25) is 14.6 Å². The van der Waals surface area contributed by atoms with Crippen LogP contribution in [0.2, 0.25) is 0 Å². The molecule has 16 heteroatoms. The molecule has 3 heterocycles. The van der Waals surface area contributed by atoms with Crippen LogP contribution in [0.25, 0.3) is 0 Å². The lowest BCUT2D eigenvalue weighted by molar-refractivity contribution is -0.308. The van der Waals surface area contributed by atoms with Crippen LogP contribution in [0, 0.1) is 5.92 Å². The number of alkyl halides is 9. The van der Waals surface area contributed by atoms with Gasteiger partial charge in [-0.15, -0.1) is 0 Å². The van der Waals surface area contributed by atoms with Crippen LogP contribution >= 0.6 is 0 Å². The lowest BCUT2D eigenvalue weighted by Gasteiger charge is -2.45. The van der Waals surface area contributed by atoms with Gasteiger partial charge >= 0.3 is 30.6 Å². The van der Waals surface area contributed by atoms with Crippen molar-refractivity contribution in [3.63, 3.8) is 0 Å². The fourth-order valence-electron chi connectivity index (χ4n) is 6.14. The van der Waals surface area contributed by atoms with E-state index in [1.807, 2.05) is 4.90 Å². The maximum atomic E-state index is 13.5. The molecule has 3 aliphatic heterocycles. The standard InChI is InChI=1S/C26H30F9N3O4/c27-24(28,29)19-3-2-16(18(12-19)14-36-9-4-17(13-36)20(39)40)15-38-8-1-5-23(38)6-10-37(11-7-23)22(41)42-21(25(30,31)32)26(33,34)35/h2-3,12,17,21H,1,4-11,13-15H2,(H,39,40). The molecule has 1 atom stereocenters. The number of carbonyl (C=O) groups is 2. The van der Waals surface area contributed by atoms with E-state index in [0.717, 1.165) is 17.0 Å². The van der Waals surface area contributed by atoms with Gasteiger partial charge in [0, 0.05) is 38.3 Å². The summed E-state index contributed by atoms with van der Waals surface area (Å²) in [4.78, 5) is 28.2. The van der Waals surface area contributed by atoms with Crippen molar-refractivity contribution in [2.24, 2.45) is 5.92 Å². The number of nitrogens with zero attached hydrogens (tertiary/aromatic N) is 3. The minimum atomic E-state index is -5.82. The molecule has 1 unspecified atom stereocenters. The van der Waals surface area contributed by atoms with E-state index in [4.69, 9.17) is 0 Å². The summed E-state index contributed by atoms with van der Waals surface area (Å²) >= 11 is 0. The first-order chi connectivity index (χ1) is 19.4. The van der Waals surface area contributed by atoms with Crippen LogP contribution in [-0.4, -0.2) is 88.6 Å². The molecule has 0 aromatic heterocycles. The first-order valence-electron chi connectivity index (χ1n) is 13.4. The summed E-state index contributed by atoms with van der Waals surface area (Å²) in [5.74, 6) is -1.58. The third kappa shape index (κ3) is 7.24. The largest absolute Gasteiger partial charge is 0.481 e. The fraction of sp³-hybridized carbons (Fsp3) is 0.692. The van der Waals surface area contributed by atoms with Gasteiger partial charge in [-0.25, -0.2) is 4.79 Å². The van der Waals surface area contributed by atoms with Gasteiger partial charge in [0.2, 0.25) is 0 Å². The Morgan fingerprint density at radius 3 is 2.10 bits per heavy atom. The number of benzene rings is 1. The molecule has 1 N–H and O–H groups in total. The van der Waals surface area contributed by atoms with Crippen LogP contribution in [0.4, 0.5) is 44.3 Å². The van der Waals surface area contributed by atoms with Gasteiger partial charge in [-0.05, 0) is 68.5 Å². The Balaban J connectivity index is 1.46. The van der Waals surface area contributed by atoms with Crippen molar-refractivity contribution in [2.75, 3.05) is 32.7 Å². The van der Waals surface area contributed by atoms with Crippen LogP contribution in [0.5, 0.6) is 0 Å². The van der Waals surface area contributed by atoms with Crippen molar-refractivity contribution in [2.45, 2.75) is 75.4 Å². The highest BCUT2D eigenvalue weighted by molar-refractivity contribution is 5.70. The van der Waals surface area contributed by atoms with E-state index in [1.165, 1.54) is 6.07 Å². The highest BCUT2D eigenvalue weighted by Crippen LogP contribution is 2.41. The summed E-state index contributed by atoms with van der Waals surface area (Å²) in [6.07, 6.45) is -20.0. The zero-order valence-electron chi connectivity index (χ0n) is 22.3. The number of carboxylic acid groups (broad SMARTS) is 1. The van der Waals surface area contributed by atoms with E-state index in [1.54, 1.807) is 4.90 Å². The van der Waals surface area contributed by atoms with E-state index in [9.17, 15) is 54.2 Å². The number of carbonyl (C=O) groups excluding carboxylic acids is 1. The van der Waals surface area contributed by atoms with Gasteiger partial charge < -0.3 is 14.7 Å². The molecule has 1 spiro atoms. The van der Waals surface area contributed by atoms with E-state index in [0.29, 0.717) is 43.5 Å². The predicted octanol–water partition coefficient (Wildman–Crippen LogP) is 5.67. The molecule has 0 saturated carbocycles. The van der Waals surface area contributed by atoms with Crippen molar-refractivity contribution in [1.29, 1.82) is 0 Å². The van der Waals surface area contributed by atoms with Crippen molar-refractivity contribution < 1.29 is 58.9 Å². The Bertz CT molecular complexity index is 1130. The summed E-state index contributed by atoms with van der Waals surface area (Å²) < 4.78 is 121. The van der Waals surface area contributed by atoms with Gasteiger partial charge in [0.05, 0.1) is 11.5 Å². The minimum Gasteiger partial charge on any atom is -0.481 e. The summed E-state index contributed by atoms with van der Waals surface area (Å²) in [6, 6.07) is 3.42. The van der Waals surface area contributed by atoms with Gasteiger partial charge in [-0.2, -0.15) is 39.5 Å². The number of carboxylic acids is 1. The molecule has 3 aliphatic rings. The van der Waals surface area contributed by atoms with Crippen LogP contribution in [0.1, 0.15) is 48.8 Å². The molecule has 0 aliphatic carbocycles. The van der Waals surface area contributed by atoms with Crippen LogP contribution in [0.3, 0.4) is 0 Å². The fourth-order valence-corrected chi connectivity index (χ4v) is 6.14. The molecular formula is C26H30F9N3O4. The number of ether oxygens (including phenoxy) is 1. The highest BCUT2D eigenvalue weighted by atomic mass is 19.4. The first kappa shape index (κ1) is 32.2. The monoisotopic (exact) mass is 619 g/mol. The Labute approximate surface area is 235 Å². The average Bonchev–Trinajstić information content (AvgIpc) is 3.49. The second-order valence-corrected chi connectivity index (χ2v) is 11.1. The molecule has 0 bridgehead atoms. The lowest BCUT2D eigenvalue weighted by atomic mass is 9.84. The number of halogens is 9. The lowest BCUT2D eigenvalue weighted by Crippen LogP contribution is -2.54. The summed E-state index contributed by atoms with van der Waals surface area (Å²) in [6.45, 7) is 1.22.